The molecule has 2 aromatic rings. The van der Waals surface area contributed by atoms with E-state index in [0.717, 1.165) is 47.1 Å². The molecule has 0 spiro atoms. The van der Waals surface area contributed by atoms with Crippen LogP contribution < -0.4 is 10.6 Å². The lowest BCUT2D eigenvalue weighted by molar-refractivity contribution is 0.0340. The van der Waals surface area contributed by atoms with Gasteiger partial charge in [-0.3, -0.25) is 4.90 Å². The lowest BCUT2D eigenvalue weighted by Crippen LogP contribution is -2.45. The van der Waals surface area contributed by atoms with Crippen molar-refractivity contribution in [3.63, 3.8) is 0 Å². The van der Waals surface area contributed by atoms with Crippen molar-refractivity contribution in [3.05, 3.63) is 56.7 Å². The number of nitrogens with one attached hydrogen (secondary N) is 2. The molecule has 2 heterocycles. The number of nitrogens with zero attached hydrogens (tertiary/aromatic N) is 1. The molecule has 7 heteroatoms. The van der Waals surface area contributed by atoms with Crippen LogP contribution in [0.3, 0.4) is 0 Å². The first-order valence-corrected chi connectivity index (χ1v) is 9.95. The normalized spacial score (nSPS) is 16.4. The highest BCUT2D eigenvalue weighted by atomic mass is 79.9. The quantitative estimate of drug-likeness (QED) is 0.748. The topological polar surface area (TPSA) is 53.6 Å². The van der Waals surface area contributed by atoms with E-state index in [1.165, 1.54) is 0 Å². The molecule has 0 saturated carbocycles. The van der Waals surface area contributed by atoms with Crippen molar-refractivity contribution >= 4 is 33.3 Å². The molecule has 2 N–H and O–H groups in total. The van der Waals surface area contributed by atoms with Crippen LogP contribution in [0.25, 0.3) is 0 Å². The molecule has 1 saturated heterocycles. The molecule has 1 atom stereocenters. The number of urea groups is 1. The minimum atomic E-state index is -0.147. The molecule has 1 aliphatic heterocycles. The number of rotatable bonds is 6. The minimum absolute atomic E-state index is 0.0469. The molecule has 0 bridgehead atoms. The summed E-state index contributed by atoms with van der Waals surface area (Å²) in [5.74, 6) is 0. The summed E-state index contributed by atoms with van der Waals surface area (Å²) in [7, 11) is 0. The number of benzene rings is 1. The molecular weight excluding hydrogens is 402 g/mol. The first kappa shape index (κ1) is 18.4. The minimum Gasteiger partial charge on any atom is -0.379 e. The van der Waals surface area contributed by atoms with Crippen LogP contribution in [0.5, 0.6) is 0 Å². The van der Waals surface area contributed by atoms with Crippen LogP contribution >= 0.6 is 27.3 Å². The Bertz CT molecular complexity index is 674. The van der Waals surface area contributed by atoms with Gasteiger partial charge in [0.25, 0.3) is 0 Å². The number of amides is 2. The average molecular weight is 424 g/mol. The maximum absolute atomic E-state index is 12.4. The summed E-state index contributed by atoms with van der Waals surface area (Å²) in [6, 6.07) is 13.9. The van der Waals surface area contributed by atoms with Gasteiger partial charge in [-0.1, -0.05) is 30.3 Å². The Kier molecular flexibility index (Phi) is 6.86. The number of halogens is 1. The van der Waals surface area contributed by atoms with E-state index >= 15 is 0 Å². The van der Waals surface area contributed by atoms with E-state index in [9.17, 15) is 4.79 Å². The number of morpholine rings is 1. The van der Waals surface area contributed by atoms with Crippen molar-refractivity contribution in [1.82, 2.24) is 15.5 Å². The second kappa shape index (κ2) is 9.33. The number of hydrogen-bond acceptors (Lipinski definition) is 4. The maximum Gasteiger partial charge on any atom is 0.315 e. The smallest absolute Gasteiger partial charge is 0.315 e. The van der Waals surface area contributed by atoms with Crippen LogP contribution in [0.1, 0.15) is 16.5 Å². The van der Waals surface area contributed by atoms with Gasteiger partial charge in [0.15, 0.2) is 0 Å². The lowest BCUT2D eigenvalue weighted by atomic mass is 10.1. The van der Waals surface area contributed by atoms with E-state index < -0.39 is 0 Å². The van der Waals surface area contributed by atoms with Crippen molar-refractivity contribution in [2.45, 2.75) is 12.6 Å². The molecule has 2 amide bonds. The zero-order chi connectivity index (χ0) is 17.5. The zero-order valence-electron chi connectivity index (χ0n) is 13.9. The molecule has 1 unspecified atom stereocenters. The number of carbonyl (C=O) groups excluding carboxylic acids is 1. The van der Waals surface area contributed by atoms with Crippen molar-refractivity contribution in [2.75, 3.05) is 32.8 Å². The molecule has 0 aliphatic carbocycles. The Morgan fingerprint density at radius 2 is 1.96 bits per heavy atom. The molecule has 1 aliphatic rings. The van der Waals surface area contributed by atoms with Crippen molar-refractivity contribution in [3.8, 4) is 0 Å². The van der Waals surface area contributed by atoms with Gasteiger partial charge < -0.3 is 15.4 Å². The standard InChI is InChI=1S/C18H22BrN3O2S/c19-17-7-6-15(25-17)12-20-18(23)21-16(14-4-2-1-3-5-14)13-22-8-10-24-11-9-22/h1-7,16H,8-13H2,(H2,20,21,23). The number of ether oxygens (including phenoxy) is 1. The van der Waals surface area contributed by atoms with E-state index in [-0.39, 0.29) is 12.1 Å². The Labute approximate surface area is 160 Å². The molecule has 1 aromatic carbocycles. The Morgan fingerprint density at radius 1 is 1.20 bits per heavy atom. The van der Waals surface area contributed by atoms with Crippen molar-refractivity contribution in [2.24, 2.45) is 0 Å². The van der Waals surface area contributed by atoms with Crippen molar-refractivity contribution in [1.29, 1.82) is 0 Å². The average Bonchev–Trinajstić information content (AvgIpc) is 3.06. The van der Waals surface area contributed by atoms with E-state index in [2.05, 4.69) is 43.6 Å². The monoisotopic (exact) mass is 423 g/mol. The van der Waals surface area contributed by atoms with Gasteiger partial charge in [-0.15, -0.1) is 11.3 Å². The van der Waals surface area contributed by atoms with Gasteiger partial charge in [0.05, 0.1) is 29.6 Å². The highest BCUT2D eigenvalue weighted by Crippen LogP contribution is 2.21. The third kappa shape index (κ3) is 5.81. The third-order valence-corrected chi connectivity index (χ3v) is 5.73. The van der Waals surface area contributed by atoms with Crippen LogP contribution in [-0.2, 0) is 11.3 Å². The number of carbonyl (C=O) groups is 1. The molecular formula is C18H22BrN3O2S. The summed E-state index contributed by atoms with van der Waals surface area (Å²) in [6.07, 6.45) is 0. The van der Waals surface area contributed by atoms with Gasteiger partial charge in [-0.05, 0) is 33.6 Å². The number of hydrogen-bond donors (Lipinski definition) is 2. The predicted octanol–water partition coefficient (Wildman–Crippen LogP) is 3.38. The van der Waals surface area contributed by atoms with Crippen LogP contribution in [0.2, 0.25) is 0 Å². The first-order chi connectivity index (χ1) is 12.2. The number of thiophene rings is 1. The van der Waals surface area contributed by atoms with Gasteiger partial charge in [-0.25, -0.2) is 4.79 Å². The van der Waals surface area contributed by atoms with Gasteiger partial charge in [0, 0.05) is 24.5 Å². The highest BCUT2D eigenvalue weighted by molar-refractivity contribution is 9.11. The fourth-order valence-corrected chi connectivity index (χ4v) is 4.21. The maximum atomic E-state index is 12.4. The van der Waals surface area contributed by atoms with Crippen LogP contribution in [0, 0.1) is 0 Å². The molecule has 1 fully saturated rings. The fourth-order valence-electron chi connectivity index (χ4n) is 2.79. The Morgan fingerprint density at radius 3 is 2.64 bits per heavy atom. The summed E-state index contributed by atoms with van der Waals surface area (Å²) >= 11 is 5.07. The van der Waals surface area contributed by atoms with E-state index in [1.807, 2.05) is 30.3 Å². The van der Waals surface area contributed by atoms with E-state index in [4.69, 9.17) is 4.74 Å². The Balaban J connectivity index is 1.59. The second-order valence-corrected chi connectivity index (χ2v) is 8.46. The van der Waals surface area contributed by atoms with Gasteiger partial charge in [0.1, 0.15) is 0 Å². The molecule has 5 nitrogen and oxygen atoms in total. The largest absolute Gasteiger partial charge is 0.379 e. The molecule has 134 valence electrons. The summed E-state index contributed by atoms with van der Waals surface area (Å²) < 4.78 is 6.48. The lowest BCUT2D eigenvalue weighted by Gasteiger charge is -2.31. The fraction of sp³-hybridized carbons (Fsp3) is 0.389. The summed E-state index contributed by atoms with van der Waals surface area (Å²) in [4.78, 5) is 15.8. The second-order valence-electron chi connectivity index (χ2n) is 5.91. The molecule has 3 rings (SSSR count). The SMILES string of the molecule is O=C(NCc1ccc(Br)s1)NC(CN1CCOCC1)c1ccccc1. The summed E-state index contributed by atoms with van der Waals surface area (Å²) in [5.41, 5.74) is 1.11. The summed E-state index contributed by atoms with van der Waals surface area (Å²) in [6.45, 7) is 4.61. The van der Waals surface area contributed by atoms with Gasteiger partial charge in [-0.2, -0.15) is 0 Å². The van der Waals surface area contributed by atoms with E-state index in [0.29, 0.717) is 6.54 Å². The molecule has 0 radical (unpaired) electrons. The van der Waals surface area contributed by atoms with Crippen molar-refractivity contribution < 1.29 is 9.53 Å². The summed E-state index contributed by atoms with van der Waals surface area (Å²) in [5, 5.41) is 6.06. The van der Waals surface area contributed by atoms with Gasteiger partial charge >= 0.3 is 6.03 Å². The van der Waals surface area contributed by atoms with E-state index in [1.54, 1.807) is 11.3 Å². The molecule has 25 heavy (non-hydrogen) atoms. The van der Waals surface area contributed by atoms with Crippen LogP contribution in [0.4, 0.5) is 4.79 Å². The highest BCUT2D eigenvalue weighted by Gasteiger charge is 2.20. The zero-order valence-corrected chi connectivity index (χ0v) is 16.3. The first-order valence-electron chi connectivity index (χ1n) is 8.34. The van der Waals surface area contributed by atoms with Crippen LogP contribution in [0.15, 0.2) is 46.3 Å². The third-order valence-electron chi connectivity index (χ3n) is 4.10. The van der Waals surface area contributed by atoms with Crippen LogP contribution in [-0.4, -0.2) is 43.8 Å². The predicted molar refractivity (Wildman–Crippen MR) is 104 cm³/mol. The Hall–Kier alpha value is -1.41. The molecule has 1 aromatic heterocycles. The van der Waals surface area contributed by atoms with Gasteiger partial charge in [0.2, 0.25) is 0 Å².